The Bertz CT molecular complexity index is 417. The summed E-state index contributed by atoms with van der Waals surface area (Å²) in [5.41, 5.74) is 3.43. The highest BCUT2D eigenvalue weighted by Crippen LogP contribution is 2.29. The summed E-state index contributed by atoms with van der Waals surface area (Å²) in [6, 6.07) is 5.96. The predicted octanol–water partition coefficient (Wildman–Crippen LogP) is 2.21. The summed E-state index contributed by atoms with van der Waals surface area (Å²) < 4.78 is 0. The van der Waals surface area contributed by atoms with Gasteiger partial charge in [-0.05, 0) is 30.5 Å². The molecule has 0 spiro atoms. The molecule has 1 aliphatic heterocycles. The Morgan fingerprint density at radius 1 is 1.47 bits per heavy atom. The quantitative estimate of drug-likeness (QED) is 0.840. The number of nitrogens with zero attached hydrogens (tertiary/aromatic N) is 1. The number of rotatable bonds is 3. The fourth-order valence-electron chi connectivity index (χ4n) is 2.03. The molecule has 0 bridgehead atoms. The number of carbonyl (C=O) groups is 1. The van der Waals surface area contributed by atoms with Crippen molar-refractivity contribution in [2.24, 2.45) is 0 Å². The van der Waals surface area contributed by atoms with Gasteiger partial charge in [0.25, 0.3) is 0 Å². The van der Waals surface area contributed by atoms with Crippen LogP contribution in [0.25, 0.3) is 0 Å². The first-order valence-corrected chi connectivity index (χ1v) is 6.09. The fraction of sp³-hybridized carbons (Fsp3) is 0.462. The maximum atomic E-state index is 11.5. The van der Waals surface area contributed by atoms with Crippen molar-refractivity contribution in [3.8, 4) is 0 Å². The van der Waals surface area contributed by atoms with Crippen molar-refractivity contribution in [3.05, 3.63) is 23.8 Å². The summed E-state index contributed by atoms with van der Waals surface area (Å²) in [5.74, 6) is 0. The number of hydrogen-bond acceptors (Lipinski definition) is 2. The zero-order valence-electron chi connectivity index (χ0n) is 10.4. The number of benzene rings is 1. The summed E-state index contributed by atoms with van der Waals surface area (Å²) >= 11 is 0. The molecule has 92 valence electrons. The van der Waals surface area contributed by atoms with Gasteiger partial charge in [0.2, 0.25) is 0 Å². The van der Waals surface area contributed by atoms with Crippen LogP contribution in [-0.2, 0) is 6.42 Å². The van der Waals surface area contributed by atoms with Crippen LogP contribution in [0.2, 0.25) is 0 Å². The average Bonchev–Trinajstić information content (AvgIpc) is 2.68. The van der Waals surface area contributed by atoms with Crippen LogP contribution in [0.5, 0.6) is 0 Å². The summed E-state index contributed by atoms with van der Waals surface area (Å²) in [6.07, 6.45) is 2.04. The van der Waals surface area contributed by atoms with E-state index >= 15 is 0 Å². The molecule has 0 aromatic heterocycles. The molecule has 0 aliphatic carbocycles. The maximum Gasteiger partial charge on any atom is 0.319 e. The van der Waals surface area contributed by atoms with E-state index in [9.17, 15) is 4.79 Å². The van der Waals surface area contributed by atoms with Crippen molar-refractivity contribution in [1.82, 2.24) is 5.32 Å². The molecular weight excluding hydrogens is 214 g/mol. The zero-order chi connectivity index (χ0) is 12.3. The third-order valence-electron chi connectivity index (χ3n) is 3.01. The summed E-state index contributed by atoms with van der Waals surface area (Å²) in [7, 11) is 2.08. The molecule has 2 rings (SSSR count). The van der Waals surface area contributed by atoms with Crippen LogP contribution in [0.15, 0.2) is 18.2 Å². The monoisotopic (exact) mass is 233 g/mol. The molecular formula is C13H19N3O. The van der Waals surface area contributed by atoms with Gasteiger partial charge in [-0.3, -0.25) is 0 Å². The van der Waals surface area contributed by atoms with Crippen molar-refractivity contribution < 1.29 is 4.79 Å². The first kappa shape index (κ1) is 11.8. The number of amides is 2. The van der Waals surface area contributed by atoms with E-state index in [2.05, 4.69) is 28.6 Å². The third kappa shape index (κ3) is 2.70. The summed E-state index contributed by atoms with van der Waals surface area (Å²) in [6.45, 7) is 3.79. The van der Waals surface area contributed by atoms with Gasteiger partial charge in [0, 0.05) is 31.5 Å². The highest BCUT2D eigenvalue weighted by atomic mass is 16.2. The SMILES string of the molecule is CCCNC(=O)Nc1ccc2c(c1)N(C)CC2. The first-order valence-electron chi connectivity index (χ1n) is 6.09. The number of urea groups is 1. The van der Waals surface area contributed by atoms with Crippen LogP contribution in [0, 0.1) is 0 Å². The average molecular weight is 233 g/mol. The Balaban J connectivity index is 2.03. The van der Waals surface area contributed by atoms with Crippen molar-refractivity contribution in [2.45, 2.75) is 19.8 Å². The smallest absolute Gasteiger partial charge is 0.319 e. The summed E-state index contributed by atoms with van der Waals surface area (Å²) in [5, 5.41) is 5.65. The van der Waals surface area contributed by atoms with Gasteiger partial charge >= 0.3 is 6.03 Å². The number of likely N-dealkylation sites (N-methyl/N-ethyl adjacent to an activating group) is 1. The highest BCUT2D eigenvalue weighted by Gasteiger charge is 2.15. The molecule has 0 atom stereocenters. The molecule has 0 saturated carbocycles. The molecule has 0 fully saturated rings. The molecule has 1 aromatic carbocycles. The van der Waals surface area contributed by atoms with E-state index in [1.165, 1.54) is 11.3 Å². The minimum absolute atomic E-state index is 0.132. The van der Waals surface area contributed by atoms with Crippen molar-refractivity contribution in [2.75, 3.05) is 30.4 Å². The summed E-state index contributed by atoms with van der Waals surface area (Å²) in [4.78, 5) is 13.7. The first-order chi connectivity index (χ1) is 8.20. The van der Waals surface area contributed by atoms with E-state index in [1.807, 2.05) is 19.1 Å². The number of fused-ring (bicyclic) bond motifs is 1. The van der Waals surface area contributed by atoms with Crippen LogP contribution in [0.4, 0.5) is 16.2 Å². The van der Waals surface area contributed by atoms with Crippen molar-refractivity contribution in [3.63, 3.8) is 0 Å². The lowest BCUT2D eigenvalue weighted by Gasteiger charge is -2.13. The fourth-order valence-corrected chi connectivity index (χ4v) is 2.03. The zero-order valence-corrected chi connectivity index (χ0v) is 10.4. The van der Waals surface area contributed by atoms with E-state index in [1.54, 1.807) is 0 Å². The highest BCUT2D eigenvalue weighted by molar-refractivity contribution is 5.90. The van der Waals surface area contributed by atoms with Gasteiger partial charge in [0.1, 0.15) is 0 Å². The Kier molecular flexibility index (Phi) is 3.52. The minimum Gasteiger partial charge on any atom is -0.374 e. The molecule has 1 heterocycles. The molecule has 1 aliphatic rings. The number of carbonyl (C=O) groups excluding carboxylic acids is 1. The second-order valence-corrected chi connectivity index (χ2v) is 4.40. The van der Waals surface area contributed by atoms with E-state index < -0.39 is 0 Å². The molecule has 1 aromatic rings. The van der Waals surface area contributed by atoms with Gasteiger partial charge in [-0.1, -0.05) is 13.0 Å². The van der Waals surface area contributed by atoms with Crippen molar-refractivity contribution >= 4 is 17.4 Å². The van der Waals surface area contributed by atoms with Crippen LogP contribution < -0.4 is 15.5 Å². The minimum atomic E-state index is -0.132. The third-order valence-corrected chi connectivity index (χ3v) is 3.01. The molecule has 2 amide bonds. The van der Waals surface area contributed by atoms with Gasteiger partial charge < -0.3 is 15.5 Å². The van der Waals surface area contributed by atoms with E-state index in [4.69, 9.17) is 0 Å². The van der Waals surface area contributed by atoms with Crippen molar-refractivity contribution in [1.29, 1.82) is 0 Å². The molecule has 0 radical (unpaired) electrons. The van der Waals surface area contributed by atoms with E-state index in [-0.39, 0.29) is 6.03 Å². The van der Waals surface area contributed by atoms with Gasteiger partial charge in [-0.25, -0.2) is 4.79 Å². The Morgan fingerprint density at radius 2 is 2.29 bits per heavy atom. The van der Waals surface area contributed by atoms with E-state index in [0.29, 0.717) is 6.54 Å². The molecule has 0 unspecified atom stereocenters. The normalized spacial score (nSPS) is 13.4. The second-order valence-electron chi connectivity index (χ2n) is 4.40. The van der Waals surface area contributed by atoms with Crippen LogP contribution in [0.3, 0.4) is 0 Å². The maximum absolute atomic E-state index is 11.5. The Hall–Kier alpha value is -1.71. The molecule has 2 N–H and O–H groups in total. The van der Waals surface area contributed by atoms with Gasteiger partial charge in [0.05, 0.1) is 0 Å². The van der Waals surface area contributed by atoms with Gasteiger partial charge in [-0.15, -0.1) is 0 Å². The Morgan fingerprint density at radius 3 is 3.06 bits per heavy atom. The van der Waals surface area contributed by atoms with E-state index in [0.717, 1.165) is 25.1 Å². The lowest BCUT2D eigenvalue weighted by Crippen LogP contribution is -2.29. The van der Waals surface area contributed by atoms with Gasteiger partial charge in [0.15, 0.2) is 0 Å². The van der Waals surface area contributed by atoms with Gasteiger partial charge in [-0.2, -0.15) is 0 Å². The number of anilines is 2. The predicted molar refractivity (Wildman–Crippen MR) is 70.7 cm³/mol. The number of nitrogens with one attached hydrogen (secondary N) is 2. The van der Waals surface area contributed by atoms with Crippen LogP contribution >= 0.6 is 0 Å². The molecule has 4 heteroatoms. The molecule has 0 saturated heterocycles. The topological polar surface area (TPSA) is 44.4 Å². The second kappa shape index (κ2) is 5.08. The molecule has 17 heavy (non-hydrogen) atoms. The Labute approximate surface area is 102 Å². The standard InChI is InChI=1S/C13H19N3O/c1-3-7-14-13(17)15-11-5-4-10-6-8-16(2)12(10)9-11/h4-5,9H,3,6-8H2,1-2H3,(H2,14,15,17). The lowest BCUT2D eigenvalue weighted by molar-refractivity contribution is 0.252. The lowest BCUT2D eigenvalue weighted by atomic mass is 10.1. The largest absolute Gasteiger partial charge is 0.374 e. The molecule has 4 nitrogen and oxygen atoms in total. The van der Waals surface area contributed by atoms with Crippen LogP contribution in [0.1, 0.15) is 18.9 Å². The number of hydrogen-bond donors (Lipinski definition) is 2. The van der Waals surface area contributed by atoms with Crippen LogP contribution in [-0.4, -0.2) is 26.2 Å².